The molecule has 0 saturated carbocycles. The fourth-order valence-corrected chi connectivity index (χ4v) is 3.28. The average Bonchev–Trinajstić information content (AvgIpc) is 3.06. The predicted octanol–water partition coefficient (Wildman–Crippen LogP) is 1.93. The first-order valence-corrected chi connectivity index (χ1v) is 9.91. The molecule has 0 fully saturated rings. The van der Waals surface area contributed by atoms with Crippen LogP contribution in [0.5, 0.6) is 0 Å². The molecule has 8 nitrogen and oxygen atoms in total. The largest absolute Gasteiger partial charge is 0.345 e. The number of rotatable bonds is 5. The number of hydrogen-bond donors (Lipinski definition) is 1. The number of benzene rings is 1. The molecule has 146 valence electrons. The van der Waals surface area contributed by atoms with Crippen molar-refractivity contribution in [1.29, 1.82) is 0 Å². The van der Waals surface area contributed by atoms with Gasteiger partial charge in [0, 0.05) is 22.9 Å². The lowest BCUT2D eigenvalue weighted by Crippen LogP contribution is -2.25. The smallest absolute Gasteiger partial charge is 0.251 e. The Morgan fingerprint density at radius 1 is 1.21 bits per heavy atom. The number of halogens is 3. The Kier molecular flexibility index (Phi) is 5.38. The molecule has 3 aromatic rings. The summed E-state index contributed by atoms with van der Waals surface area (Å²) in [5, 5.41) is 6.40. The van der Waals surface area contributed by atoms with Crippen LogP contribution in [0.2, 0.25) is 5.02 Å². The van der Waals surface area contributed by atoms with E-state index in [0.717, 1.165) is 23.5 Å². The Labute approximate surface area is 163 Å². The van der Waals surface area contributed by atoms with Crippen LogP contribution in [0.1, 0.15) is 16.2 Å². The van der Waals surface area contributed by atoms with Crippen molar-refractivity contribution in [2.75, 3.05) is 6.26 Å². The van der Waals surface area contributed by atoms with Gasteiger partial charge in [-0.2, -0.15) is 9.78 Å². The summed E-state index contributed by atoms with van der Waals surface area (Å²) >= 11 is 5.88. The number of nitrogens with one attached hydrogen (secondary N) is 1. The number of pyridine rings is 1. The summed E-state index contributed by atoms with van der Waals surface area (Å²) in [5.74, 6) is -2.60. The molecule has 1 aromatic carbocycles. The second-order valence-electron chi connectivity index (χ2n) is 5.68. The zero-order chi connectivity index (χ0) is 20.5. The molecule has 0 aliphatic carbocycles. The fourth-order valence-electron chi connectivity index (χ4n) is 2.30. The van der Waals surface area contributed by atoms with E-state index < -0.39 is 27.4 Å². The average molecular weight is 428 g/mol. The monoisotopic (exact) mass is 427 g/mol. The van der Waals surface area contributed by atoms with Gasteiger partial charge in [-0.3, -0.25) is 4.79 Å². The molecule has 12 heteroatoms. The van der Waals surface area contributed by atoms with Crippen LogP contribution in [0.15, 0.2) is 41.7 Å². The van der Waals surface area contributed by atoms with Crippen molar-refractivity contribution in [1.82, 2.24) is 25.1 Å². The van der Waals surface area contributed by atoms with Crippen molar-refractivity contribution in [2.45, 2.75) is 11.4 Å². The standard InChI is InChI=1S/C16H12ClF2N5O3S/c1-28(26,27)12-3-9(2-10(17)4-12)16(25)21-7-14-22-8-23-24(14)15-13(19)5-11(18)6-20-15/h2-6,8H,7H2,1H3,(H,21,25). The number of hydrogen-bond acceptors (Lipinski definition) is 6. The summed E-state index contributed by atoms with van der Waals surface area (Å²) in [6, 6.07) is 4.36. The summed E-state index contributed by atoms with van der Waals surface area (Å²) in [7, 11) is -3.56. The highest BCUT2D eigenvalue weighted by molar-refractivity contribution is 7.90. The molecule has 0 spiro atoms. The van der Waals surface area contributed by atoms with Gasteiger partial charge in [-0.25, -0.2) is 27.2 Å². The van der Waals surface area contributed by atoms with E-state index in [1.807, 2.05) is 0 Å². The van der Waals surface area contributed by atoms with Crippen molar-refractivity contribution in [2.24, 2.45) is 0 Å². The van der Waals surface area contributed by atoms with Crippen molar-refractivity contribution in [3.8, 4) is 5.82 Å². The van der Waals surface area contributed by atoms with E-state index in [9.17, 15) is 22.0 Å². The van der Waals surface area contributed by atoms with Crippen molar-refractivity contribution < 1.29 is 22.0 Å². The van der Waals surface area contributed by atoms with Crippen molar-refractivity contribution in [3.05, 3.63) is 64.8 Å². The highest BCUT2D eigenvalue weighted by Crippen LogP contribution is 2.19. The van der Waals surface area contributed by atoms with Crippen LogP contribution in [-0.4, -0.2) is 40.3 Å². The third kappa shape index (κ3) is 4.31. The van der Waals surface area contributed by atoms with Gasteiger partial charge < -0.3 is 5.32 Å². The van der Waals surface area contributed by atoms with Crippen molar-refractivity contribution in [3.63, 3.8) is 0 Å². The van der Waals surface area contributed by atoms with E-state index in [1.54, 1.807) is 0 Å². The first-order valence-electron chi connectivity index (χ1n) is 7.64. The molecule has 0 aliphatic rings. The van der Waals surface area contributed by atoms with Crippen LogP contribution in [0, 0.1) is 11.6 Å². The van der Waals surface area contributed by atoms with E-state index in [4.69, 9.17) is 11.6 Å². The zero-order valence-corrected chi connectivity index (χ0v) is 15.8. The molecular formula is C16H12ClF2N5O3S. The normalized spacial score (nSPS) is 11.4. The van der Waals surface area contributed by atoms with Crippen LogP contribution in [0.3, 0.4) is 0 Å². The second-order valence-corrected chi connectivity index (χ2v) is 8.13. The predicted molar refractivity (Wildman–Crippen MR) is 94.8 cm³/mol. The van der Waals surface area contributed by atoms with Gasteiger partial charge in [0.25, 0.3) is 5.91 Å². The summed E-state index contributed by atoms with van der Waals surface area (Å²) in [6.45, 7) is -0.182. The van der Waals surface area contributed by atoms with Crippen LogP contribution in [0.4, 0.5) is 8.78 Å². The number of amides is 1. The highest BCUT2D eigenvalue weighted by Gasteiger charge is 2.17. The number of nitrogens with zero attached hydrogens (tertiary/aromatic N) is 4. The highest BCUT2D eigenvalue weighted by atomic mass is 35.5. The third-order valence-electron chi connectivity index (χ3n) is 3.58. The van der Waals surface area contributed by atoms with E-state index >= 15 is 0 Å². The molecule has 2 aromatic heterocycles. The van der Waals surface area contributed by atoms with Crippen LogP contribution < -0.4 is 5.32 Å². The lowest BCUT2D eigenvalue weighted by atomic mass is 10.2. The fraction of sp³-hybridized carbons (Fsp3) is 0.125. The summed E-state index contributed by atoms with van der Waals surface area (Å²) in [5.41, 5.74) is 0.0186. The van der Waals surface area contributed by atoms with Gasteiger partial charge in [-0.1, -0.05) is 11.6 Å². The second kappa shape index (κ2) is 7.60. The van der Waals surface area contributed by atoms with E-state index in [1.165, 1.54) is 18.2 Å². The SMILES string of the molecule is CS(=O)(=O)c1cc(Cl)cc(C(=O)NCc2ncnn2-c2ncc(F)cc2F)c1. The molecule has 0 unspecified atom stereocenters. The summed E-state index contributed by atoms with van der Waals surface area (Å²) in [6.07, 6.45) is 2.93. The number of sulfone groups is 1. The molecule has 0 radical (unpaired) electrons. The maximum Gasteiger partial charge on any atom is 0.251 e. The van der Waals surface area contributed by atoms with Gasteiger partial charge in [0.15, 0.2) is 27.3 Å². The Morgan fingerprint density at radius 3 is 2.64 bits per heavy atom. The van der Waals surface area contributed by atoms with Crippen molar-refractivity contribution >= 4 is 27.3 Å². The van der Waals surface area contributed by atoms with E-state index in [0.29, 0.717) is 6.07 Å². The Morgan fingerprint density at radius 2 is 1.96 bits per heavy atom. The summed E-state index contributed by atoms with van der Waals surface area (Å²) in [4.78, 5) is 19.8. The molecule has 0 bridgehead atoms. The minimum absolute atomic E-state index is 0.0186. The molecule has 0 saturated heterocycles. The number of carbonyl (C=O) groups is 1. The van der Waals surface area contributed by atoms with Gasteiger partial charge in [0.05, 0.1) is 17.6 Å². The van der Waals surface area contributed by atoms with Gasteiger partial charge in [-0.15, -0.1) is 0 Å². The van der Waals surface area contributed by atoms with Gasteiger partial charge in [0.2, 0.25) is 0 Å². The van der Waals surface area contributed by atoms with E-state index in [-0.39, 0.29) is 33.7 Å². The topological polar surface area (TPSA) is 107 Å². The number of carbonyl (C=O) groups excluding carboxylic acids is 1. The van der Waals surface area contributed by atoms with Crippen LogP contribution >= 0.6 is 11.6 Å². The molecule has 3 rings (SSSR count). The minimum atomic E-state index is -3.56. The quantitative estimate of drug-likeness (QED) is 0.666. The Balaban J connectivity index is 1.82. The maximum atomic E-state index is 13.9. The first kappa shape index (κ1) is 19.8. The first-order chi connectivity index (χ1) is 13.1. The van der Waals surface area contributed by atoms with Gasteiger partial charge in [0.1, 0.15) is 12.1 Å². The van der Waals surface area contributed by atoms with E-state index in [2.05, 4.69) is 20.4 Å². The lowest BCUT2D eigenvalue weighted by molar-refractivity contribution is 0.0949. The Bertz CT molecular complexity index is 1170. The molecule has 0 aliphatic heterocycles. The molecule has 28 heavy (non-hydrogen) atoms. The third-order valence-corrected chi connectivity index (χ3v) is 4.89. The van der Waals surface area contributed by atoms with Crippen LogP contribution in [0.25, 0.3) is 5.82 Å². The minimum Gasteiger partial charge on any atom is -0.345 e. The molecule has 1 N–H and O–H groups in total. The molecular weight excluding hydrogens is 416 g/mol. The molecule has 0 atom stereocenters. The Hall–Kier alpha value is -2.92. The lowest BCUT2D eigenvalue weighted by Gasteiger charge is -2.09. The van der Waals surface area contributed by atoms with Gasteiger partial charge >= 0.3 is 0 Å². The molecule has 1 amide bonds. The summed E-state index contributed by atoms with van der Waals surface area (Å²) < 4.78 is 51.3. The van der Waals surface area contributed by atoms with Crippen LogP contribution in [-0.2, 0) is 16.4 Å². The maximum absolute atomic E-state index is 13.9. The zero-order valence-electron chi connectivity index (χ0n) is 14.2. The number of aromatic nitrogens is 4. The molecule has 2 heterocycles. The van der Waals surface area contributed by atoms with Gasteiger partial charge in [-0.05, 0) is 18.2 Å².